The molecule has 2 saturated heterocycles. The van der Waals surface area contributed by atoms with Gasteiger partial charge in [0, 0.05) is 63.8 Å². The Kier molecular flexibility index (Phi) is 9.83. The fraction of sp³-hybridized carbons (Fsp3) is 0.478. The van der Waals surface area contributed by atoms with Gasteiger partial charge in [0.25, 0.3) is 0 Å². The minimum Gasteiger partial charge on any atom is -0.391 e. The van der Waals surface area contributed by atoms with Gasteiger partial charge < -0.3 is 25.4 Å². The number of anilines is 1. The Balaban J connectivity index is 0.00000210. The number of primary amides is 1. The smallest absolute Gasteiger partial charge is 0.391 e. The molecule has 16 heteroatoms. The molecule has 0 bridgehead atoms. The summed E-state index contributed by atoms with van der Waals surface area (Å²) in [6.45, 7) is 7.50. The van der Waals surface area contributed by atoms with Gasteiger partial charge in [-0.2, -0.15) is 13.2 Å². The monoisotopic (exact) mass is 592 g/mol. The molecule has 0 aromatic carbocycles. The fourth-order valence-electron chi connectivity index (χ4n) is 4.70. The number of rotatable bonds is 5. The van der Waals surface area contributed by atoms with Crippen LogP contribution in [0.5, 0.6) is 5.88 Å². The summed E-state index contributed by atoms with van der Waals surface area (Å²) in [5.41, 5.74) is 4.94. The zero-order chi connectivity index (χ0) is 26.2. The highest BCUT2D eigenvalue weighted by molar-refractivity contribution is 5.85. The summed E-state index contributed by atoms with van der Waals surface area (Å²) in [6.07, 6.45) is -3.26. The van der Waals surface area contributed by atoms with E-state index >= 15 is 0 Å². The zero-order valence-corrected chi connectivity index (χ0v) is 22.7. The highest BCUT2D eigenvalue weighted by atomic mass is 35.5. The molecular formula is C23H29Cl2F3N8O3. The number of hydrogen-bond acceptors (Lipinski definition) is 9. The van der Waals surface area contributed by atoms with Crippen molar-refractivity contribution >= 4 is 42.2 Å². The van der Waals surface area contributed by atoms with Crippen molar-refractivity contribution in [2.24, 2.45) is 5.73 Å². The summed E-state index contributed by atoms with van der Waals surface area (Å²) in [5, 5.41) is 7.79. The molecule has 214 valence electrons. The second-order valence-electron chi connectivity index (χ2n) is 8.96. The van der Waals surface area contributed by atoms with Gasteiger partial charge in [-0.1, -0.05) is 0 Å². The maximum atomic E-state index is 14.2. The van der Waals surface area contributed by atoms with Gasteiger partial charge in [0.15, 0.2) is 11.6 Å². The van der Waals surface area contributed by atoms with Gasteiger partial charge in [0.1, 0.15) is 5.52 Å². The van der Waals surface area contributed by atoms with Crippen molar-refractivity contribution in [3.8, 4) is 17.3 Å². The number of halogens is 5. The van der Waals surface area contributed by atoms with Gasteiger partial charge in [-0.05, 0) is 18.6 Å². The Morgan fingerprint density at radius 1 is 1.18 bits per heavy atom. The summed E-state index contributed by atoms with van der Waals surface area (Å²) in [5.74, 6) is -0.146. The van der Waals surface area contributed by atoms with Crippen LogP contribution >= 0.6 is 24.8 Å². The Hall–Kier alpha value is -2.91. The lowest BCUT2D eigenvalue weighted by atomic mass is 10.0. The van der Waals surface area contributed by atoms with E-state index in [1.54, 1.807) is 4.52 Å². The van der Waals surface area contributed by atoms with Gasteiger partial charge >= 0.3 is 12.3 Å². The van der Waals surface area contributed by atoms with Crippen LogP contribution in [-0.4, -0.2) is 83.1 Å². The lowest BCUT2D eigenvalue weighted by Gasteiger charge is -2.28. The van der Waals surface area contributed by atoms with Gasteiger partial charge in [-0.15, -0.1) is 29.9 Å². The third-order valence-corrected chi connectivity index (χ3v) is 6.42. The summed E-state index contributed by atoms with van der Waals surface area (Å²) in [4.78, 5) is 24.0. The minimum absolute atomic E-state index is 0. The highest BCUT2D eigenvalue weighted by Gasteiger charge is 2.39. The molecule has 2 aliphatic rings. The van der Waals surface area contributed by atoms with E-state index in [1.165, 1.54) is 6.92 Å². The topological polar surface area (TPSA) is 123 Å². The van der Waals surface area contributed by atoms with Crippen LogP contribution in [0.2, 0.25) is 0 Å². The first-order chi connectivity index (χ1) is 17.7. The molecule has 0 saturated carbocycles. The van der Waals surface area contributed by atoms with Crippen LogP contribution in [0.1, 0.15) is 16.7 Å². The molecule has 3 aromatic rings. The Morgan fingerprint density at radius 2 is 1.87 bits per heavy atom. The number of fused-ring (bicyclic) bond motifs is 1. The molecule has 0 aliphatic carbocycles. The SMILES string of the molecule is Cc1c(OC(N)=O)ncc(-c2nc(N3CCOCC3)c3cc(CN4CCNCC4)cn3n2)c1C(F)(F)F.Cl.Cl. The third-order valence-electron chi connectivity index (χ3n) is 6.42. The van der Waals surface area contributed by atoms with E-state index in [0.717, 1.165) is 37.9 Å². The van der Waals surface area contributed by atoms with Crippen LogP contribution in [0, 0.1) is 6.92 Å². The molecule has 0 atom stereocenters. The van der Waals surface area contributed by atoms with Crippen molar-refractivity contribution in [1.29, 1.82) is 0 Å². The number of nitrogens with two attached hydrogens (primary N) is 1. The molecule has 39 heavy (non-hydrogen) atoms. The molecule has 0 unspecified atom stereocenters. The zero-order valence-electron chi connectivity index (χ0n) is 21.0. The number of nitrogens with zero attached hydrogens (tertiary/aromatic N) is 6. The first kappa shape index (κ1) is 30.6. The van der Waals surface area contributed by atoms with E-state index in [9.17, 15) is 18.0 Å². The number of hydrogen-bond donors (Lipinski definition) is 2. The second-order valence-corrected chi connectivity index (χ2v) is 8.96. The first-order valence-electron chi connectivity index (χ1n) is 11.9. The molecule has 5 rings (SSSR count). The number of carbonyl (C=O) groups excluding carboxylic acids is 1. The number of pyridine rings is 1. The van der Waals surface area contributed by atoms with Gasteiger partial charge in [0.2, 0.25) is 5.88 Å². The molecule has 3 N–H and O–H groups in total. The second kappa shape index (κ2) is 12.5. The number of amides is 1. The van der Waals surface area contributed by atoms with Crippen LogP contribution in [0.4, 0.5) is 23.8 Å². The van der Waals surface area contributed by atoms with Crippen LogP contribution in [0.25, 0.3) is 16.9 Å². The number of piperazine rings is 1. The Morgan fingerprint density at radius 3 is 2.51 bits per heavy atom. The largest absolute Gasteiger partial charge is 0.417 e. The molecule has 5 heterocycles. The summed E-state index contributed by atoms with van der Waals surface area (Å²) in [6, 6.07) is 1.98. The van der Waals surface area contributed by atoms with Crippen molar-refractivity contribution in [3.05, 3.63) is 35.2 Å². The van der Waals surface area contributed by atoms with Gasteiger partial charge in [-0.3, -0.25) is 4.90 Å². The van der Waals surface area contributed by atoms with E-state index in [-0.39, 0.29) is 41.8 Å². The third kappa shape index (κ3) is 6.64. The normalized spacial score (nSPS) is 16.5. The van der Waals surface area contributed by atoms with Gasteiger partial charge in [-0.25, -0.2) is 19.3 Å². The summed E-state index contributed by atoms with van der Waals surface area (Å²) < 4.78 is 54.5. The molecule has 0 spiro atoms. The van der Waals surface area contributed by atoms with Crippen LogP contribution in [0.3, 0.4) is 0 Å². The lowest BCUT2D eigenvalue weighted by Crippen LogP contribution is -2.42. The van der Waals surface area contributed by atoms with E-state index in [1.807, 2.05) is 17.2 Å². The molecule has 11 nitrogen and oxygen atoms in total. The fourth-order valence-corrected chi connectivity index (χ4v) is 4.70. The van der Waals surface area contributed by atoms with E-state index in [0.29, 0.717) is 44.2 Å². The molecule has 2 fully saturated rings. The number of nitrogens with one attached hydrogen (secondary N) is 1. The van der Waals surface area contributed by atoms with Crippen molar-refractivity contribution < 1.29 is 27.4 Å². The lowest BCUT2D eigenvalue weighted by molar-refractivity contribution is -0.137. The minimum atomic E-state index is -4.79. The average Bonchev–Trinajstić information content (AvgIpc) is 3.27. The summed E-state index contributed by atoms with van der Waals surface area (Å²) >= 11 is 0. The molecule has 2 aliphatic heterocycles. The van der Waals surface area contributed by atoms with E-state index in [4.69, 9.17) is 10.5 Å². The molecule has 3 aromatic heterocycles. The Labute approximate surface area is 234 Å². The molecule has 0 radical (unpaired) electrons. The van der Waals surface area contributed by atoms with Crippen LogP contribution < -0.4 is 20.7 Å². The maximum Gasteiger partial charge on any atom is 0.417 e. The maximum absolute atomic E-state index is 14.2. The Bertz CT molecular complexity index is 1310. The van der Waals surface area contributed by atoms with Crippen molar-refractivity contribution in [3.63, 3.8) is 0 Å². The molecule has 1 amide bonds. The average molecular weight is 593 g/mol. The number of ether oxygens (including phenoxy) is 2. The van der Waals surface area contributed by atoms with Crippen LogP contribution in [-0.2, 0) is 17.5 Å². The van der Waals surface area contributed by atoms with Crippen molar-refractivity contribution in [2.45, 2.75) is 19.6 Å². The molecular weight excluding hydrogens is 564 g/mol. The number of carbonyl (C=O) groups is 1. The van der Waals surface area contributed by atoms with Gasteiger partial charge in [0.05, 0.1) is 24.3 Å². The van der Waals surface area contributed by atoms with Crippen molar-refractivity contribution in [2.75, 3.05) is 57.4 Å². The predicted octanol–water partition coefficient (Wildman–Crippen LogP) is 2.66. The highest BCUT2D eigenvalue weighted by Crippen LogP contribution is 2.41. The summed E-state index contributed by atoms with van der Waals surface area (Å²) in [7, 11) is 0. The predicted molar refractivity (Wildman–Crippen MR) is 142 cm³/mol. The van der Waals surface area contributed by atoms with E-state index < -0.39 is 23.7 Å². The quantitative estimate of drug-likeness (QED) is 0.460. The number of morpholine rings is 1. The van der Waals surface area contributed by atoms with E-state index in [2.05, 4.69) is 30.0 Å². The van der Waals surface area contributed by atoms with Crippen molar-refractivity contribution in [1.82, 2.24) is 29.8 Å². The standard InChI is InChI=1S/C23H27F3N8O3.2ClH/c1-14-18(23(24,25)26)16(11-29-21(14)37-22(27)35)19-30-20(33-6-8-36-9-7-33)17-10-15(13-34(17)31-19)12-32-4-2-28-3-5-32;;/h10-11,13,28H,2-9,12H2,1H3,(H2,27,35);2*1H. The van der Waals surface area contributed by atoms with Crippen LogP contribution in [0.15, 0.2) is 18.5 Å². The first-order valence-corrected chi connectivity index (χ1v) is 11.9. The number of aromatic nitrogens is 4. The number of alkyl halides is 3.